The second-order valence-electron chi connectivity index (χ2n) is 8.63. The number of aliphatic hydroxyl groups is 1. The van der Waals surface area contributed by atoms with Gasteiger partial charge in [-0.3, -0.25) is 4.90 Å². The Hall–Kier alpha value is -2.02. The van der Waals surface area contributed by atoms with E-state index >= 15 is 0 Å². The van der Waals surface area contributed by atoms with Gasteiger partial charge in [-0.1, -0.05) is 37.6 Å². The highest BCUT2D eigenvalue weighted by Crippen LogP contribution is 2.26. The molecular weight excluding hydrogens is 388 g/mol. The molecule has 6 nitrogen and oxygen atoms in total. The van der Waals surface area contributed by atoms with Crippen molar-refractivity contribution in [2.24, 2.45) is 0 Å². The third kappa shape index (κ3) is 6.73. The highest BCUT2D eigenvalue weighted by Gasteiger charge is 2.23. The number of anilines is 1. The van der Waals surface area contributed by atoms with Gasteiger partial charge < -0.3 is 14.7 Å². The van der Waals surface area contributed by atoms with Crippen LogP contribution in [0.25, 0.3) is 0 Å². The summed E-state index contributed by atoms with van der Waals surface area (Å²) in [5, 5.41) is 10.3. The van der Waals surface area contributed by atoms with Gasteiger partial charge in [0.05, 0.1) is 12.7 Å². The molecule has 1 aromatic carbocycles. The number of hydrogen-bond donors (Lipinski definition) is 1. The summed E-state index contributed by atoms with van der Waals surface area (Å²) in [5.74, 6) is 1.89. The molecule has 1 fully saturated rings. The number of benzene rings is 1. The van der Waals surface area contributed by atoms with E-state index < -0.39 is 6.10 Å². The van der Waals surface area contributed by atoms with Gasteiger partial charge >= 0.3 is 0 Å². The first kappa shape index (κ1) is 23.6. The SMILES string of the molecule is CCCCOC[C@@H](O)CN1CCN(c2nc(C)nc(C)c2Cc2ccccc2C)CC1. The Morgan fingerprint density at radius 1 is 1.06 bits per heavy atom. The van der Waals surface area contributed by atoms with Crippen molar-refractivity contribution in [1.82, 2.24) is 14.9 Å². The molecule has 1 aliphatic rings. The lowest BCUT2D eigenvalue weighted by Crippen LogP contribution is -2.49. The second kappa shape index (κ2) is 11.6. The Balaban J connectivity index is 1.63. The van der Waals surface area contributed by atoms with Gasteiger partial charge in [-0.15, -0.1) is 0 Å². The maximum absolute atomic E-state index is 10.3. The standard InChI is InChI=1S/C25H38N4O2/c1-5-6-15-31-18-23(30)17-28-11-13-29(14-12-28)25-24(20(3)26-21(4)27-25)16-22-10-8-7-9-19(22)2/h7-10,23,30H,5-6,11-18H2,1-4H3/t23-/m0/s1. The van der Waals surface area contributed by atoms with E-state index in [1.54, 1.807) is 0 Å². The van der Waals surface area contributed by atoms with Crippen molar-refractivity contribution < 1.29 is 9.84 Å². The van der Waals surface area contributed by atoms with Crippen LogP contribution in [0.5, 0.6) is 0 Å². The normalized spacial score (nSPS) is 16.0. The summed E-state index contributed by atoms with van der Waals surface area (Å²) < 4.78 is 5.57. The summed E-state index contributed by atoms with van der Waals surface area (Å²) >= 11 is 0. The van der Waals surface area contributed by atoms with E-state index in [1.165, 1.54) is 16.7 Å². The quantitative estimate of drug-likeness (QED) is 0.588. The van der Waals surface area contributed by atoms with E-state index in [-0.39, 0.29) is 0 Å². The summed E-state index contributed by atoms with van der Waals surface area (Å²) in [5.41, 5.74) is 4.91. The van der Waals surface area contributed by atoms with Crippen LogP contribution in [-0.2, 0) is 11.2 Å². The molecule has 0 bridgehead atoms. The summed E-state index contributed by atoms with van der Waals surface area (Å²) in [6.07, 6.45) is 2.59. The number of aryl methyl sites for hydroxylation is 3. The van der Waals surface area contributed by atoms with Gasteiger partial charge in [-0.05, 0) is 38.3 Å². The van der Waals surface area contributed by atoms with Gasteiger partial charge in [0, 0.05) is 57.0 Å². The fourth-order valence-electron chi connectivity index (χ4n) is 4.14. The van der Waals surface area contributed by atoms with Crippen molar-refractivity contribution in [1.29, 1.82) is 0 Å². The number of unbranched alkanes of at least 4 members (excludes halogenated alkanes) is 1. The molecule has 1 atom stereocenters. The lowest BCUT2D eigenvalue weighted by Gasteiger charge is -2.37. The lowest BCUT2D eigenvalue weighted by atomic mass is 9.99. The van der Waals surface area contributed by atoms with E-state index in [0.717, 1.165) is 69.4 Å². The van der Waals surface area contributed by atoms with Gasteiger partial charge in [-0.2, -0.15) is 0 Å². The van der Waals surface area contributed by atoms with Crippen LogP contribution in [0.15, 0.2) is 24.3 Å². The van der Waals surface area contributed by atoms with Crippen molar-refractivity contribution in [2.75, 3.05) is 50.8 Å². The minimum atomic E-state index is -0.427. The first-order chi connectivity index (χ1) is 15.0. The van der Waals surface area contributed by atoms with E-state index in [1.807, 2.05) is 6.92 Å². The van der Waals surface area contributed by atoms with Gasteiger partial charge in [0.2, 0.25) is 0 Å². The predicted molar refractivity (Wildman–Crippen MR) is 126 cm³/mol. The van der Waals surface area contributed by atoms with Gasteiger partial charge in [0.1, 0.15) is 11.6 Å². The number of β-amino-alcohol motifs (C(OH)–C–C–N with tert-alkyl or cyclic N) is 1. The first-order valence-corrected chi connectivity index (χ1v) is 11.6. The number of nitrogens with zero attached hydrogens (tertiary/aromatic N) is 4. The van der Waals surface area contributed by atoms with Crippen LogP contribution < -0.4 is 4.90 Å². The molecule has 170 valence electrons. The van der Waals surface area contributed by atoms with E-state index in [4.69, 9.17) is 9.72 Å². The monoisotopic (exact) mass is 426 g/mol. The summed E-state index contributed by atoms with van der Waals surface area (Å²) in [6.45, 7) is 13.8. The fourth-order valence-corrected chi connectivity index (χ4v) is 4.14. The molecule has 0 saturated carbocycles. The molecule has 1 aliphatic heterocycles. The Morgan fingerprint density at radius 3 is 2.52 bits per heavy atom. The maximum Gasteiger partial charge on any atom is 0.136 e. The minimum Gasteiger partial charge on any atom is -0.389 e. The highest BCUT2D eigenvalue weighted by atomic mass is 16.5. The number of rotatable bonds is 10. The highest BCUT2D eigenvalue weighted by molar-refractivity contribution is 5.52. The number of aromatic nitrogens is 2. The Bertz CT molecular complexity index is 834. The molecule has 0 aliphatic carbocycles. The average molecular weight is 427 g/mol. The molecule has 0 unspecified atom stereocenters. The topological polar surface area (TPSA) is 61.7 Å². The molecule has 0 radical (unpaired) electrons. The van der Waals surface area contributed by atoms with Crippen molar-refractivity contribution in [3.05, 3.63) is 52.5 Å². The Kier molecular flexibility index (Phi) is 8.81. The summed E-state index contributed by atoms with van der Waals surface area (Å²) in [4.78, 5) is 14.2. The minimum absolute atomic E-state index is 0.422. The molecule has 1 aromatic heterocycles. The largest absolute Gasteiger partial charge is 0.389 e. The number of ether oxygens (including phenoxy) is 1. The summed E-state index contributed by atoms with van der Waals surface area (Å²) in [7, 11) is 0. The van der Waals surface area contributed by atoms with Gasteiger partial charge in [-0.25, -0.2) is 9.97 Å². The van der Waals surface area contributed by atoms with Gasteiger partial charge in [0.15, 0.2) is 0 Å². The van der Waals surface area contributed by atoms with E-state index in [9.17, 15) is 5.11 Å². The molecule has 0 spiro atoms. The molecule has 0 amide bonds. The zero-order valence-corrected chi connectivity index (χ0v) is 19.6. The second-order valence-corrected chi connectivity index (χ2v) is 8.63. The molecule has 2 aromatic rings. The fraction of sp³-hybridized carbons (Fsp3) is 0.600. The van der Waals surface area contributed by atoms with Crippen LogP contribution in [0, 0.1) is 20.8 Å². The van der Waals surface area contributed by atoms with Gasteiger partial charge in [0.25, 0.3) is 0 Å². The molecule has 6 heteroatoms. The zero-order chi connectivity index (χ0) is 22.2. The van der Waals surface area contributed by atoms with Crippen molar-refractivity contribution in [3.63, 3.8) is 0 Å². The van der Waals surface area contributed by atoms with Crippen LogP contribution in [-0.4, -0.2) is 72.0 Å². The van der Waals surface area contributed by atoms with Crippen LogP contribution in [0.1, 0.15) is 48.0 Å². The molecular formula is C25H38N4O2. The molecule has 1 N–H and O–H groups in total. The third-order valence-corrected chi connectivity index (χ3v) is 6.03. The van der Waals surface area contributed by atoms with Crippen molar-refractivity contribution >= 4 is 5.82 Å². The van der Waals surface area contributed by atoms with Crippen LogP contribution in [0.4, 0.5) is 5.82 Å². The third-order valence-electron chi connectivity index (χ3n) is 6.03. The first-order valence-electron chi connectivity index (χ1n) is 11.6. The number of aliphatic hydroxyl groups excluding tert-OH is 1. The Morgan fingerprint density at radius 2 is 1.81 bits per heavy atom. The predicted octanol–water partition coefficient (Wildman–Crippen LogP) is 3.29. The lowest BCUT2D eigenvalue weighted by molar-refractivity contribution is 0.0150. The van der Waals surface area contributed by atoms with Crippen molar-refractivity contribution in [3.8, 4) is 0 Å². The molecule has 2 heterocycles. The van der Waals surface area contributed by atoms with Crippen LogP contribution >= 0.6 is 0 Å². The van der Waals surface area contributed by atoms with E-state index in [2.05, 4.69) is 59.8 Å². The summed E-state index contributed by atoms with van der Waals surface area (Å²) in [6, 6.07) is 8.54. The maximum atomic E-state index is 10.3. The zero-order valence-electron chi connectivity index (χ0n) is 19.6. The smallest absolute Gasteiger partial charge is 0.136 e. The average Bonchev–Trinajstić information content (AvgIpc) is 2.75. The number of hydrogen-bond acceptors (Lipinski definition) is 6. The van der Waals surface area contributed by atoms with Crippen molar-refractivity contribution in [2.45, 2.75) is 53.1 Å². The molecule has 1 saturated heterocycles. The Labute approximate surface area is 187 Å². The van der Waals surface area contributed by atoms with E-state index in [0.29, 0.717) is 13.2 Å². The van der Waals surface area contributed by atoms with Crippen LogP contribution in [0.2, 0.25) is 0 Å². The molecule has 31 heavy (non-hydrogen) atoms. The van der Waals surface area contributed by atoms with Crippen LogP contribution in [0.3, 0.4) is 0 Å². The molecule has 3 rings (SSSR count). The number of piperazine rings is 1.